The highest BCUT2D eigenvalue weighted by atomic mass is 127. The van der Waals surface area contributed by atoms with Crippen LogP contribution in [0.15, 0.2) is 18.2 Å². The molecule has 1 aliphatic rings. The highest BCUT2D eigenvalue weighted by Crippen LogP contribution is 2.20. The van der Waals surface area contributed by atoms with Crippen molar-refractivity contribution < 1.29 is 4.74 Å². The molecule has 0 spiro atoms. The molecule has 5 heteroatoms. The van der Waals surface area contributed by atoms with Crippen molar-refractivity contribution in [2.45, 2.75) is 25.5 Å². The smallest absolute Gasteiger partial charge is 0.127 e. The summed E-state index contributed by atoms with van der Waals surface area (Å²) >= 11 is 2.14. The zero-order chi connectivity index (χ0) is 13.5. The molecule has 0 saturated carbocycles. The number of anilines is 1. The van der Waals surface area contributed by atoms with Crippen molar-refractivity contribution in [2.24, 2.45) is 0 Å². The van der Waals surface area contributed by atoms with Crippen LogP contribution in [0.3, 0.4) is 0 Å². The summed E-state index contributed by atoms with van der Waals surface area (Å²) < 4.78 is 5.66. The molecule has 0 amide bonds. The fraction of sp³-hybridized carbons (Fsp3) is 0.357. The highest BCUT2D eigenvalue weighted by Gasteiger charge is 2.14. The molecule has 1 aromatic carbocycles. The molecule has 1 unspecified atom stereocenters. The van der Waals surface area contributed by atoms with E-state index in [2.05, 4.69) is 37.7 Å². The minimum absolute atomic E-state index is 0.0642. The molecule has 1 aromatic rings. The maximum absolute atomic E-state index is 7.51. The van der Waals surface area contributed by atoms with E-state index in [9.17, 15) is 0 Å². The zero-order valence-corrected chi connectivity index (χ0v) is 13.4. The van der Waals surface area contributed by atoms with Gasteiger partial charge in [-0.25, -0.2) is 0 Å². The summed E-state index contributed by atoms with van der Waals surface area (Å²) in [6.45, 7) is 0.814. The van der Waals surface area contributed by atoms with Crippen LogP contribution in [0.25, 0.3) is 0 Å². The van der Waals surface area contributed by atoms with Crippen LogP contribution < -0.4 is 5.32 Å². The Morgan fingerprint density at radius 3 is 3.05 bits per heavy atom. The average molecular weight is 386 g/mol. The lowest BCUT2D eigenvalue weighted by molar-refractivity contribution is 0.0343. The summed E-state index contributed by atoms with van der Waals surface area (Å²) in [6.07, 6.45) is 4.76. The summed E-state index contributed by atoms with van der Waals surface area (Å²) in [5, 5.41) is 13.8. The third-order valence-electron chi connectivity index (χ3n) is 2.94. The predicted octanol–water partition coefficient (Wildman–Crippen LogP) is 4.01. The van der Waals surface area contributed by atoms with Crippen LogP contribution in [0.2, 0.25) is 0 Å². The molecule has 100 valence electrons. The number of nitrogens with one attached hydrogen (secondary N) is 2. The van der Waals surface area contributed by atoms with E-state index in [4.69, 9.17) is 10.1 Å². The van der Waals surface area contributed by atoms with Gasteiger partial charge >= 0.3 is 0 Å². The third kappa shape index (κ3) is 4.41. The molecular weight excluding hydrogens is 371 g/mol. The van der Waals surface area contributed by atoms with Gasteiger partial charge in [0.25, 0.3) is 0 Å². The first-order valence-electron chi connectivity index (χ1n) is 6.15. The van der Waals surface area contributed by atoms with E-state index in [1.54, 1.807) is 0 Å². The molecule has 1 heterocycles. The largest absolute Gasteiger partial charge is 0.360 e. The van der Waals surface area contributed by atoms with Crippen LogP contribution in [-0.2, 0) is 4.74 Å². The molecule has 19 heavy (non-hydrogen) atoms. The van der Waals surface area contributed by atoms with Crippen LogP contribution in [0, 0.1) is 16.6 Å². The molecule has 0 radical (unpaired) electrons. The van der Waals surface area contributed by atoms with Crippen molar-refractivity contribution in [3.05, 3.63) is 29.3 Å². The lowest BCUT2D eigenvalue weighted by Gasteiger charge is -2.25. The van der Waals surface area contributed by atoms with Crippen LogP contribution in [0.4, 0.5) is 5.69 Å². The maximum Gasteiger partial charge on any atom is 0.127 e. The fourth-order valence-electron chi connectivity index (χ4n) is 2.00. The minimum atomic E-state index is 0.0642. The summed E-state index contributed by atoms with van der Waals surface area (Å²) in [5.41, 5.74) is 2.71. The maximum atomic E-state index is 7.51. The Kier molecular flexibility index (Phi) is 6.01. The second kappa shape index (κ2) is 7.78. The van der Waals surface area contributed by atoms with Gasteiger partial charge in [-0.2, -0.15) is 0 Å². The lowest BCUT2D eigenvalue weighted by atomic mass is 10.1. The third-order valence-corrected chi connectivity index (χ3v) is 3.78. The molecule has 1 atom stereocenters. The number of ether oxygens (including phenoxy) is 1. The van der Waals surface area contributed by atoms with E-state index < -0.39 is 0 Å². The van der Waals surface area contributed by atoms with E-state index in [-0.39, 0.29) is 6.23 Å². The molecule has 0 aromatic heterocycles. The molecule has 3 nitrogen and oxygen atoms in total. The first-order valence-corrected chi connectivity index (χ1v) is 9.50. The van der Waals surface area contributed by atoms with Crippen molar-refractivity contribution in [1.82, 2.24) is 0 Å². The van der Waals surface area contributed by atoms with Crippen molar-refractivity contribution in [1.29, 1.82) is 5.41 Å². The summed E-state index contributed by atoms with van der Waals surface area (Å²) in [6, 6.07) is 5.87. The van der Waals surface area contributed by atoms with Crippen LogP contribution >= 0.6 is 30.1 Å². The van der Waals surface area contributed by atoms with Gasteiger partial charge in [-0.15, -0.1) is 0 Å². The van der Waals surface area contributed by atoms with Gasteiger partial charge in [0.1, 0.15) is 6.23 Å². The van der Waals surface area contributed by atoms with Gasteiger partial charge in [0.2, 0.25) is 0 Å². The number of hydrogen-bond acceptors (Lipinski definition) is 4. The number of halogens is 1. The van der Waals surface area contributed by atoms with Gasteiger partial charge in [-0.05, 0) is 51.6 Å². The molecule has 2 N–H and O–H groups in total. The number of rotatable bonds is 3. The van der Waals surface area contributed by atoms with E-state index in [0.717, 1.165) is 36.3 Å². The molecule has 1 saturated heterocycles. The minimum Gasteiger partial charge on any atom is -0.360 e. The molecule has 0 bridgehead atoms. The van der Waals surface area contributed by atoms with Gasteiger partial charge < -0.3 is 15.5 Å². The highest BCUT2D eigenvalue weighted by molar-refractivity contribution is 14.2. The van der Waals surface area contributed by atoms with Crippen molar-refractivity contribution in [2.75, 3.05) is 11.9 Å². The molecular formula is C14H15IN2OS. The Hall–Kier alpha value is -0.710. The van der Waals surface area contributed by atoms with Gasteiger partial charge in [0, 0.05) is 50.8 Å². The Balaban J connectivity index is 2.13. The average Bonchev–Trinajstić information content (AvgIpc) is 2.47. The van der Waals surface area contributed by atoms with Gasteiger partial charge in [0.15, 0.2) is 0 Å². The quantitative estimate of drug-likeness (QED) is 0.469. The Bertz CT molecular complexity index is 504. The molecule has 0 aliphatic carbocycles. The van der Waals surface area contributed by atoms with E-state index >= 15 is 0 Å². The van der Waals surface area contributed by atoms with Gasteiger partial charge in [-0.3, -0.25) is 0 Å². The SMILES string of the molecule is N=Cc1cc(C#CSI)ccc1NC1CCCCO1. The topological polar surface area (TPSA) is 45.1 Å². The normalized spacial score (nSPS) is 18.3. The second-order valence-electron chi connectivity index (χ2n) is 4.25. The molecule has 1 fully saturated rings. The summed E-state index contributed by atoms with van der Waals surface area (Å²) in [5.74, 6) is 3.04. The Morgan fingerprint density at radius 1 is 1.47 bits per heavy atom. The van der Waals surface area contributed by atoms with Crippen LogP contribution in [0.1, 0.15) is 30.4 Å². The first-order chi connectivity index (χ1) is 9.33. The lowest BCUT2D eigenvalue weighted by Crippen LogP contribution is -2.27. The standard InChI is InChI=1S/C14H15IN2OS/c15-19-8-6-11-4-5-13(12(9-11)10-16)17-14-3-1-2-7-18-14/h4-5,9-10,14,16-17H,1-3,7H2. The van der Waals surface area contributed by atoms with Crippen molar-refractivity contribution in [3.63, 3.8) is 0 Å². The Labute approximate surface area is 130 Å². The first kappa shape index (κ1) is 14.7. The molecule has 2 rings (SSSR count). The van der Waals surface area contributed by atoms with Gasteiger partial charge in [-0.1, -0.05) is 5.92 Å². The number of hydrogen-bond donors (Lipinski definition) is 2. The second-order valence-corrected chi connectivity index (χ2v) is 5.93. The zero-order valence-electron chi connectivity index (χ0n) is 10.4. The Morgan fingerprint density at radius 2 is 2.37 bits per heavy atom. The van der Waals surface area contributed by atoms with E-state index in [1.807, 2.05) is 18.2 Å². The number of benzene rings is 1. The predicted molar refractivity (Wildman–Crippen MR) is 90.0 cm³/mol. The van der Waals surface area contributed by atoms with Gasteiger partial charge in [0.05, 0.1) is 0 Å². The fourth-order valence-corrected chi connectivity index (χ4v) is 2.48. The van der Waals surface area contributed by atoms with Crippen LogP contribution in [0.5, 0.6) is 0 Å². The summed E-state index contributed by atoms with van der Waals surface area (Å²) in [4.78, 5) is 0. The molecule has 1 aliphatic heterocycles. The summed E-state index contributed by atoms with van der Waals surface area (Å²) in [7, 11) is 1.46. The monoisotopic (exact) mass is 386 g/mol. The van der Waals surface area contributed by atoms with Crippen molar-refractivity contribution >= 4 is 42.0 Å². The van der Waals surface area contributed by atoms with Crippen LogP contribution in [-0.4, -0.2) is 19.0 Å². The van der Waals surface area contributed by atoms with E-state index in [0.29, 0.717) is 0 Å². The van der Waals surface area contributed by atoms with E-state index in [1.165, 1.54) is 21.6 Å². The van der Waals surface area contributed by atoms with Crippen molar-refractivity contribution in [3.8, 4) is 11.2 Å².